The number of imide groups is 1. The van der Waals surface area contributed by atoms with Crippen LogP contribution in [0.1, 0.15) is 45.1 Å². The average Bonchev–Trinajstić information content (AvgIpc) is 2.87. The molecule has 0 saturated heterocycles. The van der Waals surface area contributed by atoms with Crippen LogP contribution in [0.15, 0.2) is 5.16 Å². The number of rotatable bonds is 4. The van der Waals surface area contributed by atoms with Crippen molar-refractivity contribution < 1.29 is 9.59 Å². The number of tetrazole rings is 1. The van der Waals surface area contributed by atoms with E-state index in [9.17, 15) is 9.59 Å². The van der Waals surface area contributed by atoms with E-state index in [4.69, 9.17) is 5.73 Å². The van der Waals surface area contributed by atoms with Crippen molar-refractivity contribution in [1.29, 1.82) is 0 Å². The average molecular weight is 298 g/mol. The predicted octanol–water partition coefficient (Wildman–Crippen LogP) is 0.854. The molecule has 1 aliphatic rings. The van der Waals surface area contributed by atoms with Crippen LogP contribution in [-0.2, 0) is 4.79 Å². The molecule has 0 radical (unpaired) electrons. The van der Waals surface area contributed by atoms with E-state index >= 15 is 0 Å². The van der Waals surface area contributed by atoms with Crippen molar-refractivity contribution in [2.24, 2.45) is 5.73 Å². The predicted molar refractivity (Wildman–Crippen MR) is 73.0 cm³/mol. The van der Waals surface area contributed by atoms with Gasteiger partial charge in [-0.1, -0.05) is 31.0 Å². The number of nitrogens with two attached hydrogens (primary N) is 1. The third-order valence-electron chi connectivity index (χ3n) is 3.28. The SMILES string of the molecule is CC(Sc1nnnn1C1CCCCC1)C(=O)NC(N)=O. The van der Waals surface area contributed by atoms with Gasteiger partial charge in [-0.05, 0) is 30.2 Å². The van der Waals surface area contributed by atoms with Crippen molar-refractivity contribution in [2.45, 2.75) is 55.5 Å². The Labute approximate surface area is 120 Å². The molecule has 2 rings (SSSR count). The Morgan fingerprint density at radius 1 is 1.40 bits per heavy atom. The lowest BCUT2D eigenvalue weighted by Crippen LogP contribution is -2.39. The first-order valence-corrected chi connectivity index (χ1v) is 7.50. The third-order valence-corrected chi connectivity index (χ3v) is 4.33. The van der Waals surface area contributed by atoms with Gasteiger partial charge in [0.25, 0.3) is 0 Å². The molecule has 0 aromatic carbocycles. The van der Waals surface area contributed by atoms with Crippen LogP contribution < -0.4 is 11.1 Å². The number of hydrogen-bond donors (Lipinski definition) is 2. The first-order valence-electron chi connectivity index (χ1n) is 6.62. The molecule has 20 heavy (non-hydrogen) atoms. The molecule has 0 aliphatic heterocycles. The Morgan fingerprint density at radius 2 is 2.10 bits per heavy atom. The maximum Gasteiger partial charge on any atom is 0.318 e. The van der Waals surface area contributed by atoms with Gasteiger partial charge in [-0.25, -0.2) is 9.48 Å². The normalized spacial score (nSPS) is 17.6. The number of nitrogens with zero attached hydrogens (tertiary/aromatic N) is 4. The maximum atomic E-state index is 11.7. The first kappa shape index (κ1) is 14.8. The molecule has 1 atom stereocenters. The lowest BCUT2D eigenvalue weighted by Gasteiger charge is -2.22. The van der Waals surface area contributed by atoms with E-state index in [1.165, 1.54) is 31.0 Å². The number of urea groups is 1. The molecular formula is C11H18N6O2S. The van der Waals surface area contributed by atoms with Gasteiger partial charge in [0.1, 0.15) is 0 Å². The van der Waals surface area contributed by atoms with Crippen molar-refractivity contribution in [3.8, 4) is 0 Å². The van der Waals surface area contributed by atoms with E-state index in [-0.39, 0.29) is 0 Å². The molecule has 8 nitrogen and oxygen atoms in total. The fourth-order valence-electron chi connectivity index (χ4n) is 2.25. The molecule has 1 heterocycles. The molecule has 1 fully saturated rings. The van der Waals surface area contributed by atoms with Crippen molar-refractivity contribution in [1.82, 2.24) is 25.5 Å². The number of amides is 3. The summed E-state index contributed by atoms with van der Waals surface area (Å²) in [6.07, 6.45) is 5.71. The summed E-state index contributed by atoms with van der Waals surface area (Å²) < 4.78 is 1.79. The van der Waals surface area contributed by atoms with Crippen LogP contribution in [0.3, 0.4) is 0 Å². The molecule has 3 amide bonds. The molecule has 0 bridgehead atoms. The molecule has 3 N–H and O–H groups in total. The highest BCUT2D eigenvalue weighted by Crippen LogP contribution is 2.31. The summed E-state index contributed by atoms with van der Waals surface area (Å²) in [6.45, 7) is 1.68. The minimum Gasteiger partial charge on any atom is -0.351 e. The lowest BCUT2D eigenvalue weighted by atomic mass is 9.96. The van der Waals surface area contributed by atoms with Crippen molar-refractivity contribution >= 4 is 23.7 Å². The van der Waals surface area contributed by atoms with E-state index in [1.54, 1.807) is 11.6 Å². The number of aromatic nitrogens is 4. The third kappa shape index (κ3) is 3.69. The standard InChI is InChI=1S/C11H18N6O2S/c1-7(9(18)13-10(12)19)20-11-14-15-16-17(11)8-5-3-2-4-6-8/h7-8H,2-6H2,1H3,(H3,12,13,18,19). The van der Waals surface area contributed by atoms with Crippen LogP contribution in [0, 0.1) is 0 Å². The summed E-state index contributed by atoms with van der Waals surface area (Å²) in [5.74, 6) is -0.444. The summed E-state index contributed by atoms with van der Waals surface area (Å²) >= 11 is 1.23. The molecule has 0 spiro atoms. The quantitative estimate of drug-likeness (QED) is 0.796. The molecule has 1 unspecified atom stereocenters. The number of carbonyl (C=O) groups is 2. The van der Waals surface area contributed by atoms with Crippen molar-refractivity contribution in [3.05, 3.63) is 0 Å². The zero-order chi connectivity index (χ0) is 14.5. The van der Waals surface area contributed by atoms with Gasteiger partial charge in [-0.15, -0.1) is 5.10 Å². The number of carbonyl (C=O) groups excluding carboxylic acids is 2. The number of primary amides is 1. The largest absolute Gasteiger partial charge is 0.351 e. The van der Waals surface area contributed by atoms with Crippen molar-refractivity contribution in [3.63, 3.8) is 0 Å². The Hall–Kier alpha value is -1.64. The Kier molecular flexibility index (Phi) is 4.94. The fourth-order valence-corrected chi connectivity index (χ4v) is 3.11. The fraction of sp³-hybridized carbons (Fsp3) is 0.727. The van der Waals surface area contributed by atoms with E-state index in [0.717, 1.165) is 12.8 Å². The summed E-state index contributed by atoms with van der Waals surface area (Å²) in [5.41, 5.74) is 4.93. The molecule has 9 heteroatoms. The van der Waals surface area contributed by atoms with Gasteiger partial charge < -0.3 is 5.73 Å². The van der Waals surface area contributed by atoms with Gasteiger partial charge in [-0.2, -0.15) is 0 Å². The molecule has 1 saturated carbocycles. The van der Waals surface area contributed by atoms with Gasteiger partial charge in [0, 0.05) is 0 Å². The second-order valence-corrected chi connectivity index (χ2v) is 6.12. The van der Waals surface area contributed by atoms with Crippen molar-refractivity contribution in [2.75, 3.05) is 0 Å². The number of nitrogens with one attached hydrogen (secondary N) is 1. The Morgan fingerprint density at radius 3 is 2.75 bits per heavy atom. The van der Waals surface area contributed by atoms with E-state index in [1.807, 2.05) is 0 Å². The van der Waals surface area contributed by atoms with Crippen LogP contribution in [0.4, 0.5) is 4.79 Å². The Bertz CT molecular complexity index is 485. The van der Waals surface area contributed by atoms with E-state index in [2.05, 4.69) is 20.8 Å². The van der Waals surface area contributed by atoms with Crippen LogP contribution in [-0.4, -0.2) is 37.4 Å². The monoisotopic (exact) mass is 298 g/mol. The van der Waals surface area contributed by atoms with Gasteiger partial charge in [-0.3, -0.25) is 10.1 Å². The molecule has 1 aliphatic carbocycles. The minimum absolute atomic E-state index is 0.299. The van der Waals surface area contributed by atoms with Gasteiger partial charge in [0.15, 0.2) is 0 Å². The topological polar surface area (TPSA) is 116 Å². The van der Waals surface area contributed by atoms with Gasteiger partial charge in [0.2, 0.25) is 11.1 Å². The Balaban J connectivity index is 2.00. The second-order valence-electron chi connectivity index (χ2n) is 4.81. The van der Waals surface area contributed by atoms with E-state index < -0.39 is 17.2 Å². The van der Waals surface area contributed by atoms with Gasteiger partial charge >= 0.3 is 6.03 Å². The van der Waals surface area contributed by atoms with Gasteiger partial charge in [0.05, 0.1) is 11.3 Å². The second kappa shape index (κ2) is 6.69. The number of thioether (sulfide) groups is 1. The van der Waals surface area contributed by atoms with Crippen LogP contribution in [0.5, 0.6) is 0 Å². The number of hydrogen-bond acceptors (Lipinski definition) is 6. The first-order chi connectivity index (χ1) is 9.58. The molecule has 110 valence electrons. The maximum absolute atomic E-state index is 11.7. The van der Waals surface area contributed by atoms with Crippen LogP contribution >= 0.6 is 11.8 Å². The summed E-state index contributed by atoms with van der Waals surface area (Å²) in [4.78, 5) is 22.3. The van der Waals surface area contributed by atoms with Crippen LogP contribution in [0.25, 0.3) is 0 Å². The highest BCUT2D eigenvalue weighted by atomic mass is 32.2. The highest BCUT2D eigenvalue weighted by molar-refractivity contribution is 8.00. The molecule has 1 aromatic heterocycles. The summed E-state index contributed by atoms with van der Waals surface area (Å²) in [5, 5.41) is 13.8. The van der Waals surface area contributed by atoms with E-state index in [0.29, 0.717) is 11.2 Å². The highest BCUT2D eigenvalue weighted by Gasteiger charge is 2.24. The molecule has 1 aromatic rings. The molecular weight excluding hydrogens is 280 g/mol. The van der Waals surface area contributed by atoms with Crippen LogP contribution in [0.2, 0.25) is 0 Å². The lowest BCUT2D eigenvalue weighted by molar-refractivity contribution is -0.119. The zero-order valence-electron chi connectivity index (χ0n) is 11.3. The smallest absolute Gasteiger partial charge is 0.318 e. The summed E-state index contributed by atoms with van der Waals surface area (Å²) in [6, 6.07) is -0.554. The zero-order valence-corrected chi connectivity index (χ0v) is 12.1. The minimum atomic E-state index is -0.852. The summed E-state index contributed by atoms with van der Waals surface area (Å²) in [7, 11) is 0.